The first kappa shape index (κ1) is 28.9. The fourth-order valence-electron chi connectivity index (χ4n) is 6.33. The molecular formula is C28H40F3N7O2. The van der Waals surface area contributed by atoms with Gasteiger partial charge in [-0.3, -0.25) is 14.7 Å². The van der Waals surface area contributed by atoms with Crippen molar-refractivity contribution in [3.05, 3.63) is 35.9 Å². The fourth-order valence-corrected chi connectivity index (χ4v) is 6.33. The van der Waals surface area contributed by atoms with Gasteiger partial charge in [0.2, 0.25) is 11.7 Å². The molecule has 12 heteroatoms. The zero-order valence-corrected chi connectivity index (χ0v) is 23.2. The summed E-state index contributed by atoms with van der Waals surface area (Å²) < 4.78 is 44.8. The van der Waals surface area contributed by atoms with Crippen molar-refractivity contribution in [1.29, 1.82) is 0 Å². The first-order valence-electron chi connectivity index (χ1n) is 14.6. The summed E-state index contributed by atoms with van der Waals surface area (Å²) in [6.07, 6.45) is 5.63. The van der Waals surface area contributed by atoms with Gasteiger partial charge in [-0.1, -0.05) is 19.4 Å². The average molecular weight is 564 g/mol. The molecule has 0 spiro atoms. The Hall–Kier alpha value is -2.57. The molecule has 220 valence electrons. The van der Waals surface area contributed by atoms with Crippen molar-refractivity contribution >= 4 is 11.7 Å². The molecule has 4 aliphatic rings. The molecule has 0 aromatic carbocycles. The quantitative estimate of drug-likeness (QED) is 0.570. The molecule has 9 nitrogen and oxygen atoms in total. The number of rotatable bonds is 6. The first-order chi connectivity index (χ1) is 19.3. The van der Waals surface area contributed by atoms with E-state index in [-0.39, 0.29) is 36.4 Å². The average Bonchev–Trinajstić information content (AvgIpc) is 3.26. The summed E-state index contributed by atoms with van der Waals surface area (Å²) in [4.78, 5) is 32.7. The molecule has 40 heavy (non-hydrogen) atoms. The molecule has 1 aromatic heterocycles. The second kappa shape index (κ2) is 12.9. The van der Waals surface area contributed by atoms with Crippen molar-refractivity contribution in [2.24, 2.45) is 16.8 Å². The Morgan fingerprint density at radius 3 is 2.58 bits per heavy atom. The Morgan fingerprint density at radius 1 is 1.07 bits per heavy atom. The normalized spacial score (nSPS) is 27.4. The number of amidine groups is 1. The fraction of sp³-hybridized carbons (Fsp3) is 0.714. The number of alkyl halides is 3. The van der Waals surface area contributed by atoms with Gasteiger partial charge in [-0.05, 0) is 31.9 Å². The van der Waals surface area contributed by atoms with Crippen LogP contribution in [0.4, 0.5) is 13.2 Å². The Morgan fingerprint density at radius 2 is 1.85 bits per heavy atom. The van der Waals surface area contributed by atoms with Gasteiger partial charge in [-0.2, -0.15) is 13.2 Å². The van der Waals surface area contributed by atoms with E-state index < -0.39 is 12.0 Å². The van der Waals surface area contributed by atoms with E-state index in [1.165, 1.54) is 12.4 Å². The predicted molar refractivity (Wildman–Crippen MR) is 145 cm³/mol. The number of piperazine rings is 1. The summed E-state index contributed by atoms with van der Waals surface area (Å²) in [5, 5.41) is 3.13. The third-order valence-electron chi connectivity index (χ3n) is 8.65. The molecule has 5 rings (SSSR count). The van der Waals surface area contributed by atoms with Crippen LogP contribution in [0.2, 0.25) is 0 Å². The van der Waals surface area contributed by atoms with Crippen LogP contribution >= 0.6 is 0 Å². The van der Waals surface area contributed by atoms with Gasteiger partial charge in [-0.15, -0.1) is 0 Å². The smallest absolute Gasteiger partial charge is 0.380 e. The largest absolute Gasteiger partial charge is 0.451 e. The van der Waals surface area contributed by atoms with Crippen LogP contribution in [0.1, 0.15) is 50.0 Å². The zero-order chi connectivity index (χ0) is 28.1. The minimum Gasteiger partial charge on any atom is -0.380 e. The monoisotopic (exact) mass is 563 g/mol. The highest BCUT2D eigenvalue weighted by molar-refractivity contribution is 5.94. The van der Waals surface area contributed by atoms with Crippen molar-refractivity contribution in [3.63, 3.8) is 0 Å². The Bertz CT molecular complexity index is 1050. The molecule has 4 atom stereocenters. The van der Waals surface area contributed by atoms with E-state index >= 15 is 0 Å². The molecule has 3 aliphatic heterocycles. The van der Waals surface area contributed by atoms with Crippen LogP contribution in [0.3, 0.4) is 0 Å². The number of nitrogens with zero attached hydrogens (tertiary/aromatic N) is 6. The number of fused-ring (bicyclic) bond motifs is 1. The van der Waals surface area contributed by atoms with E-state index in [1.807, 2.05) is 0 Å². The molecule has 2 saturated heterocycles. The summed E-state index contributed by atoms with van der Waals surface area (Å²) in [5.41, 5.74) is 0.548. The lowest BCUT2D eigenvalue weighted by Crippen LogP contribution is -2.50. The highest BCUT2D eigenvalue weighted by Crippen LogP contribution is 2.36. The van der Waals surface area contributed by atoms with Crippen LogP contribution in [0.5, 0.6) is 0 Å². The maximum absolute atomic E-state index is 13.5. The van der Waals surface area contributed by atoms with E-state index in [2.05, 4.69) is 49.1 Å². The minimum absolute atomic E-state index is 0.0292. The van der Waals surface area contributed by atoms with Gasteiger partial charge in [-0.25, -0.2) is 9.97 Å². The number of hydrogen-bond acceptors (Lipinski definition) is 8. The topological polar surface area (TPSA) is 86.2 Å². The van der Waals surface area contributed by atoms with Gasteiger partial charge < -0.3 is 19.9 Å². The lowest BCUT2D eigenvalue weighted by molar-refractivity contribution is -0.145. The van der Waals surface area contributed by atoms with Crippen LogP contribution in [0.15, 0.2) is 29.5 Å². The number of amides is 1. The first-order valence-corrected chi connectivity index (χ1v) is 14.6. The molecule has 1 N–H and O–H groups in total. The number of carbonyl (C=O) groups excluding carboxylic acids is 1. The van der Waals surface area contributed by atoms with Gasteiger partial charge >= 0.3 is 6.18 Å². The zero-order valence-electron chi connectivity index (χ0n) is 23.2. The van der Waals surface area contributed by atoms with Crippen LogP contribution in [-0.4, -0.2) is 108 Å². The molecule has 0 bridgehead atoms. The molecule has 0 radical (unpaired) electrons. The van der Waals surface area contributed by atoms with Crippen molar-refractivity contribution < 1.29 is 22.7 Å². The van der Waals surface area contributed by atoms with Crippen LogP contribution in [-0.2, 0) is 15.7 Å². The third-order valence-corrected chi connectivity index (χ3v) is 8.65. The van der Waals surface area contributed by atoms with Gasteiger partial charge in [0.15, 0.2) is 0 Å². The maximum Gasteiger partial charge on any atom is 0.451 e. The second-order valence-corrected chi connectivity index (χ2v) is 11.1. The highest BCUT2D eigenvalue weighted by atomic mass is 19.4. The van der Waals surface area contributed by atoms with Crippen LogP contribution in [0.25, 0.3) is 0 Å². The SMILES string of the molecule is CCN1CCN(C2=NC3CCCC(C(=O)NCC(c4cnc(C(F)(F)F)nc4)N4CCCOCC4)C3C=C2)CC1. The number of ether oxygens (including phenoxy) is 1. The van der Waals surface area contributed by atoms with Crippen molar-refractivity contribution in [2.45, 2.75) is 50.9 Å². The van der Waals surface area contributed by atoms with Gasteiger partial charge in [0.25, 0.3) is 0 Å². The number of dihydropyridines is 1. The van der Waals surface area contributed by atoms with Crippen LogP contribution in [0, 0.1) is 11.8 Å². The van der Waals surface area contributed by atoms with E-state index in [1.54, 1.807) is 0 Å². The number of aliphatic imine (C=N–C) groups is 1. The molecular weight excluding hydrogens is 523 g/mol. The molecule has 3 fully saturated rings. The molecule has 4 unspecified atom stereocenters. The van der Waals surface area contributed by atoms with Gasteiger partial charge in [0, 0.05) is 82.2 Å². The van der Waals surface area contributed by atoms with E-state index in [0.29, 0.717) is 31.9 Å². The Labute approximate surface area is 233 Å². The number of likely N-dealkylation sites (N-methyl/N-ethyl adjacent to an activating group) is 1. The Kier molecular flexibility index (Phi) is 9.37. The lowest BCUT2D eigenvalue weighted by atomic mass is 9.74. The van der Waals surface area contributed by atoms with Crippen LogP contribution < -0.4 is 5.32 Å². The van der Waals surface area contributed by atoms with E-state index in [0.717, 1.165) is 64.2 Å². The third kappa shape index (κ3) is 6.83. The van der Waals surface area contributed by atoms with Crippen molar-refractivity contribution in [1.82, 2.24) is 30.0 Å². The number of halogens is 3. The van der Waals surface area contributed by atoms with Crippen molar-refractivity contribution in [3.8, 4) is 0 Å². The highest BCUT2D eigenvalue weighted by Gasteiger charge is 2.39. The lowest BCUT2D eigenvalue weighted by Gasteiger charge is -2.40. The summed E-state index contributed by atoms with van der Waals surface area (Å²) in [7, 11) is 0. The molecule has 1 saturated carbocycles. The summed E-state index contributed by atoms with van der Waals surface area (Å²) >= 11 is 0. The number of carbonyl (C=O) groups is 1. The summed E-state index contributed by atoms with van der Waals surface area (Å²) in [6, 6.07) is -0.254. The standard InChI is InChI=1S/C28H40F3N7O2/c1-2-36-10-12-38(13-11-36)25-8-7-21-22(5-3-6-23(21)35-25)26(39)32-19-24(37-9-4-15-40-16-14-37)20-17-33-27(34-18-20)28(29,30)31/h7-8,17-18,21-24H,2-6,9-16,19H2,1H3,(H,32,39). The van der Waals surface area contributed by atoms with Crippen molar-refractivity contribution in [2.75, 3.05) is 65.6 Å². The van der Waals surface area contributed by atoms with Gasteiger partial charge in [0.05, 0.1) is 18.7 Å². The number of aromatic nitrogens is 2. The molecule has 1 aromatic rings. The maximum atomic E-state index is 13.5. The van der Waals surface area contributed by atoms with E-state index in [4.69, 9.17) is 9.73 Å². The summed E-state index contributed by atoms with van der Waals surface area (Å²) in [5.74, 6) is -0.298. The Balaban J connectivity index is 1.24. The second-order valence-electron chi connectivity index (χ2n) is 11.1. The summed E-state index contributed by atoms with van der Waals surface area (Å²) in [6.45, 7) is 10.0. The molecule has 1 amide bonds. The van der Waals surface area contributed by atoms with E-state index in [9.17, 15) is 18.0 Å². The number of hydrogen-bond donors (Lipinski definition) is 1. The molecule has 4 heterocycles. The number of nitrogens with one attached hydrogen (secondary N) is 1. The molecule has 1 aliphatic carbocycles. The predicted octanol–water partition coefficient (Wildman–Crippen LogP) is 2.77. The van der Waals surface area contributed by atoms with Gasteiger partial charge in [0.1, 0.15) is 5.84 Å². The minimum atomic E-state index is -4.60.